The van der Waals surface area contributed by atoms with Gasteiger partial charge in [-0.1, -0.05) is 20.3 Å². The Morgan fingerprint density at radius 2 is 1.88 bits per heavy atom. The standard InChI is InChI=1S/C12H25NO2S/c1-11(2)6-4-7-12(13,10-11)8-5-9-16(3,14)15/h4-10,13H2,1-3H3. The van der Waals surface area contributed by atoms with E-state index in [1.54, 1.807) is 0 Å². The summed E-state index contributed by atoms with van der Waals surface area (Å²) < 4.78 is 22.1. The number of nitrogens with two attached hydrogens (primary N) is 1. The highest BCUT2D eigenvalue weighted by Crippen LogP contribution is 2.41. The van der Waals surface area contributed by atoms with Crippen LogP contribution in [0.3, 0.4) is 0 Å². The lowest BCUT2D eigenvalue weighted by Gasteiger charge is -2.42. The first-order valence-electron chi connectivity index (χ1n) is 6.09. The summed E-state index contributed by atoms with van der Waals surface area (Å²) in [6.45, 7) is 4.51. The minimum atomic E-state index is -2.84. The summed E-state index contributed by atoms with van der Waals surface area (Å²) in [5, 5.41) is 0. The minimum absolute atomic E-state index is 0.133. The SMILES string of the molecule is CC1(C)CCCC(N)(CCCS(C)(=O)=O)C1. The molecule has 0 spiro atoms. The Morgan fingerprint density at radius 3 is 2.38 bits per heavy atom. The molecule has 16 heavy (non-hydrogen) atoms. The molecule has 0 saturated heterocycles. The van der Waals surface area contributed by atoms with Crippen molar-refractivity contribution in [3.63, 3.8) is 0 Å². The van der Waals surface area contributed by atoms with Gasteiger partial charge in [0.15, 0.2) is 0 Å². The van der Waals surface area contributed by atoms with Crippen molar-refractivity contribution in [2.75, 3.05) is 12.0 Å². The first kappa shape index (κ1) is 14.0. The third kappa shape index (κ3) is 4.83. The molecule has 4 heteroatoms. The predicted octanol–water partition coefficient (Wildman–Crippen LogP) is 2.11. The molecule has 0 heterocycles. The van der Waals surface area contributed by atoms with Crippen molar-refractivity contribution in [1.82, 2.24) is 0 Å². The molecule has 3 nitrogen and oxygen atoms in total. The first-order chi connectivity index (χ1) is 7.12. The van der Waals surface area contributed by atoms with Gasteiger partial charge in [-0.3, -0.25) is 0 Å². The van der Waals surface area contributed by atoms with Crippen LogP contribution in [0.2, 0.25) is 0 Å². The molecular formula is C12H25NO2S. The van der Waals surface area contributed by atoms with Crippen molar-refractivity contribution in [1.29, 1.82) is 0 Å². The fraction of sp³-hybridized carbons (Fsp3) is 1.00. The molecule has 96 valence electrons. The van der Waals surface area contributed by atoms with Gasteiger partial charge in [0.1, 0.15) is 9.84 Å². The van der Waals surface area contributed by atoms with Crippen LogP contribution in [-0.2, 0) is 9.84 Å². The van der Waals surface area contributed by atoms with E-state index in [-0.39, 0.29) is 11.3 Å². The van der Waals surface area contributed by atoms with Gasteiger partial charge in [0, 0.05) is 17.5 Å². The second kappa shape index (κ2) is 4.65. The molecule has 1 aliphatic rings. The van der Waals surface area contributed by atoms with Gasteiger partial charge in [-0.25, -0.2) is 8.42 Å². The Balaban J connectivity index is 2.46. The average Bonchev–Trinajstić information content (AvgIpc) is 1.97. The fourth-order valence-corrected chi connectivity index (χ4v) is 3.62. The van der Waals surface area contributed by atoms with Gasteiger partial charge in [0.25, 0.3) is 0 Å². The summed E-state index contributed by atoms with van der Waals surface area (Å²) >= 11 is 0. The van der Waals surface area contributed by atoms with Gasteiger partial charge in [-0.15, -0.1) is 0 Å². The van der Waals surface area contributed by atoms with Crippen molar-refractivity contribution >= 4 is 9.84 Å². The highest BCUT2D eigenvalue weighted by Gasteiger charge is 2.36. The zero-order valence-electron chi connectivity index (χ0n) is 10.8. The highest BCUT2D eigenvalue weighted by atomic mass is 32.2. The molecular weight excluding hydrogens is 222 g/mol. The van der Waals surface area contributed by atoms with E-state index in [1.165, 1.54) is 19.1 Å². The second-order valence-electron chi connectivity index (χ2n) is 6.29. The summed E-state index contributed by atoms with van der Waals surface area (Å²) in [5.74, 6) is 0.270. The van der Waals surface area contributed by atoms with Crippen LogP contribution in [-0.4, -0.2) is 26.0 Å². The maximum atomic E-state index is 11.1. The Hall–Kier alpha value is -0.0900. The van der Waals surface area contributed by atoms with Crippen molar-refractivity contribution in [3.8, 4) is 0 Å². The number of hydrogen-bond acceptors (Lipinski definition) is 3. The average molecular weight is 247 g/mol. The minimum Gasteiger partial charge on any atom is -0.325 e. The Labute approximate surface area is 99.7 Å². The third-order valence-electron chi connectivity index (χ3n) is 3.55. The molecule has 0 aromatic carbocycles. The van der Waals surface area contributed by atoms with Crippen LogP contribution in [0.4, 0.5) is 0 Å². The molecule has 2 N–H and O–H groups in total. The third-order valence-corrected chi connectivity index (χ3v) is 4.58. The van der Waals surface area contributed by atoms with Crippen molar-refractivity contribution in [3.05, 3.63) is 0 Å². The van der Waals surface area contributed by atoms with Gasteiger partial charge in [-0.05, 0) is 37.5 Å². The van der Waals surface area contributed by atoms with Gasteiger partial charge in [0.05, 0.1) is 0 Å². The normalized spacial score (nSPS) is 30.2. The molecule has 1 saturated carbocycles. The molecule has 0 aromatic heterocycles. The second-order valence-corrected chi connectivity index (χ2v) is 8.55. The number of rotatable bonds is 4. The topological polar surface area (TPSA) is 60.2 Å². The number of hydrogen-bond donors (Lipinski definition) is 1. The zero-order chi connectivity index (χ0) is 12.4. The van der Waals surface area contributed by atoms with E-state index in [0.717, 1.165) is 19.3 Å². The van der Waals surface area contributed by atoms with E-state index in [0.29, 0.717) is 11.8 Å². The maximum absolute atomic E-state index is 11.1. The van der Waals surface area contributed by atoms with Crippen molar-refractivity contribution < 1.29 is 8.42 Å². The molecule has 0 radical (unpaired) electrons. The van der Waals surface area contributed by atoms with Gasteiger partial charge in [0.2, 0.25) is 0 Å². The molecule has 0 aromatic rings. The smallest absolute Gasteiger partial charge is 0.147 e. The lowest BCUT2D eigenvalue weighted by atomic mass is 9.67. The molecule has 0 amide bonds. The van der Waals surface area contributed by atoms with E-state index in [1.807, 2.05) is 0 Å². The summed E-state index contributed by atoms with van der Waals surface area (Å²) in [6, 6.07) is 0. The molecule has 1 rings (SSSR count). The summed E-state index contributed by atoms with van der Waals surface area (Å²) in [4.78, 5) is 0. The van der Waals surface area contributed by atoms with Crippen LogP contribution >= 0.6 is 0 Å². The Kier molecular flexibility index (Phi) is 4.06. The summed E-state index contributed by atoms with van der Waals surface area (Å²) in [7, 11) is -2.84. The van der Waals surface area contributed by atoms with E-state index in [9.17, 15) is 8.42 Å². The first-order valence-corrected chi connectivity index (χ1v) is 8.15. The molecule has 0 aliphatic heterocycles. The molecule has 1 atom stereocenters. The monoisotopic (exact) mass is 247 g/mol. The predicted molar refractivity (Wildman–Crippen MR) is 68.1 cm³/mol. The Bertz CT molecular complexity index is 335. The van der Waals surface area contributed by atoms with Crippen LogP contribution < -0.4 is 5.73 Å². The lowest BCUT2D eigenvalue weighted by molar-refractivity contribution is 0.143. The van der Waals surface area contributed by atoms with Crippen LogP contribution in [0.25, 0.3) is 0 Å². The quantitative estimate of drug-likeness (QED) is 0.827. The van der Waals surface area contributed by atoms with E-state index < -0.39 is 9.84 Å². The maximum Gasteiger partial charge on any atom is 0.147 e. The van der Waals surface area contributed by atoms with Gasteiger partial charge in [-0.2, -0.15) is 0 Å². The highest BCUT2D eigenvalue weighted by molar-refractivity contribution is 7.90. The van der Waals surface area contributed by atoms with E-state index in [4.69, 9.17) is 5.73 Å². The van der Waals surface area contributed by atoms with Crippen LogP contribution in [0, 0.1) is 5.41 Å². The van der Waals surface area contributed by atoms with Crippen LogP contribution in [0.1, 0.15) is 52.4 Å². The molecule has 1 unspecified atom stereocenters. The van der Waals surface area contributed by atoms with Crippen molar-refractivity contribution in [2.24, 2.45) is 11.1 Å². The molecule has 1 fully saturated rings. The molecule has 1 aliphatic carbocycles. The summed E-state index contributed by atoms with van der Waals surface area (Å²) in [5.41, 5.74) is 6.55. The Morgan fingerprint density at radius 1 is 1.25 bits per heavy atom. The number of sulfone groups is 1. The summed E-state index contributed by atoms with van der Waals surface area (Å²) in [6.07, 6.45) is 7.29. The lowest BCUT2D eigenvalue weighted by Crippen LogP contribution is -2.46. The van der Waals surface area contributed by atoms with Crippen LogP contribution in [0.15, 0.2) is 0 Å². The van der Waals surface area contributed by atoms with Gasteiger partial charge < -0.3 is 5.73 Å². The van der Waals surface area contributed by atoms with Crippen molar-refractivity contribution in [2.45, 2.75) is 57.9 Å². The van der Waals surface area contributed by atoms with E-state index >= 15 is 0 Å². The largest absolute Gasteiger partial charge is 0.325 e. The zero-order valence-corrected chi connectivity index (χ0v) is 11.6. The van der Waals surface area contributed by atoms with Gasteiger partial charge >= 0.3 is 0 Å². The van der Waals surface area contributed by atoms with E-state index in [2.05, 4.69) is 13.8 Å². The fourth-order valence-electron chi connectivity index (χ4n) is 2.95. The molecule has 0 bridgehead atoms. The van der Waals surface area contributed by atoms with Crippen LogP contribution in [0.5, 0.6) is 0 Å².